The zero-order valence-corrected chi connectivity index (χ0v) is 69.2. The first-order valence-electron chi connectivity index (χ1n) is 41.9. The van der Waals surface area contributed by atoms with E-state index in [0.717, 1.165) is 73.4 Å². The molecule has 2 aliphatic carbocycles. The van der Waals surface area contributed by atoms with Crippen molar-refractivity contribution in [1.29, 1.82) is 0 Å². The van der Waals surface area contributed by atoms with Gasteiger partial charge >= 0.3 is 0 Å². The van der Waals surface area contributed by atoms with Crippen molar-refractivity contribution < 1.29 is 9.53 Å². The zero-order chi connectivity index (χ0) is 83.0. The number of anilines is 7. The van der Waals surface area contributed by atoms with E-state index in [0.29, 0.717) is 12.2 Å². The number of ether oxygens (including phenoxy) is 1. The lowest BCUT2D eigenvalue weighted by molar-refractivity contribution is -0.112. The molecule has 18 aromatic carbocycles. The van der Waals surface area contributed by atoms with Crippen LogP contribution in [-0.2, 0) is 15.6 Å². The summed E-state index contributed by atoms with van der Waals surface area (Å²) in [6, 6.07) is 149. The van der Waals surface area contributed by atoms with E-state index in [2.05, 4.69) is 432 Å². The zero-order valence-electron chi connectivity index (χ0n) is 69.2. The maximum Gasteiger partial charge on any atom is 0.250 e. The van der Waals surface area contributed by atoms with E-state index in [1.54, 1.807) is 13.0 Å². The Morgan fingerprint density at radius 3 is 0.877 bits per heavy atom. The fourth-order valence-electron chi connectivity index (χ4n) is 17.8. The summed E-state index contributed by atoms with van der Waals surface area (Å²) in [5, 5.41) is 7.92. The number of carbonyl (C=O) groups excluding carboxylic acids is 1. The van der Waals surface area contributed by atoms with Crippen LogP contribution in [0.15, 0.2) is 437 Å². The second-order valence-electron chi connectivity index (χ2n) is 33.0. The van der Waals surface area contributed by atoms with Gasteiger partial charge in [-0.05, 0) is 283 Å². The molecule has 0 aromatic heterocycles. The summed E-state index contributed by atoms with van der Waals surface area (Å²) in [7, 11) is 0. The molecule has 0 bridgehead atoms. The molecule has 0 fully saturated rings. The average Bonchev–Trinajstić information content (AvgIpc) is 1.57. The number of nitrogens with one attached hydrogen (secondary N) is 1. The van der Waals surface area contributed by atoms with E-state index in [1.165, 1.54) is 127 Å². The quantitative estimate of drug-likeness (QED) is 0.0647. The van der Waals surface area contributed by atoms with Crippen molar-refractivity contribution in [2.45, 2.75) is 45.4 Å². The van der Waals surface area contributed by atoms with Gasteiger partial charge in [0.05, 0.1) is 0 Å². The van der Waals surface area contributed by atoms with Crippen molar-refractivity contribution in [2.75, 3.05) is 21.7 Å². The third kappa shape index (κ3) is 15.2. The van der Waals surface area contributed by atoms with Crippen LogP contribution < -0.4 is 19.9 Å². The summed E-state index contributed by atoms with van der Waals surface area (Å²) in [6.07, 6.45) is 1.76. The molecule has 0 saturated carbocycles. The van der Waals surface area contributed by atoms with Crippen LogP contribution in [0.3, 0.4) is 0 Å². The molecule has 0 atom stereocenters. The lowest BCUT2D eigenvalue weighted by Gasteiger charge is -2.28. The molecule has 5 heteroatoms. The van der Waals surface area contributed by atoms with Crippen LogP contribution in [-0.4, -0.2) is 12.5 Å². The molecule has 1 N–H and O–H groups in total. The summed E-state index contributed by atoms with van der Waals surface area (Å²) in [5.41, 5.74) is 37.0. The molecule has 0 aliphatic heterocycles. The highest BCUT2D eigenvalue weighted by atomic mass is 16.5. The topological polar surface area (TPSA) is 44.8 Å². The minimum Gasteiger partial charge on any atom is -0.490 e. The van der Waals surface area contributed by atoms with E-state index < -0.39 is 0 Å². The Hall–Kier alpha value is -15.2. The Morgan fingerprint density at radius 2 is 0.541 bits per heavy atom. The first kappa shape index (κ1) is 76.8. The lowest BCUT2D eigenvalue weighted by Crippen LogP contribution is -2.16. The highest BCUT2D eigenvalue weighted by Gasteiger charge is 2.38. The molecule has 0 radical (unpaired) electrons. The summed E-state index contributed by atoms with van der Waals surface area (Å²) in [6.45, 7) is 19.1. The van der Waals surface area contributed by atoms with Gasteiger partial charge in [0.25, 0.3) is 5.91 Å². The number of hydrogen-bond donors (Lipinski definition) is 1. The van der Waals surface area contributed by atoms with Crippen LogP contribution >= 0.6 is 0 Å². The SMILES string of the molecule is C=C(C)C(=O)Nc1ccc(-c2ccc(-c3ccc(N(c4ccc(-c5ccccc5)cc4)c4ccc5c(c4)C(C)(C)c4cc(-c6ccc7ccccc7c6)ccc4-5)cc3)cc2)cc1.C=CCOc1ccc(-c2ccc(-c3ccc(N(c4ccc(-c5ccccc5)cc4)c4ccc5c(c4)C(C)(C)c4cc(-c6ccc7ccccc7c6)ccc4-5)cc3)cc2)cc1. The van der Waals surface area contributed by atoms with Crippen molar-refractivity contribution in [2.24, 2.45) is 0 Å². The first-order valence-corrected chi connectivity index (χ1v) is 41.9. The fourth-order valence-corrected chi connectivity index (χ4v) is 17.8. The van der Waals surface area contributed by atoms with Crippen LogP contribution in [0.25, 0.3) is 133 Å². The van der Waals surface area contributed by atoms with Gasteiger partial charge in [-0.3, -0.25) is 4.79 Å². The number of carbonyl (C=O) groups is 1. The van der Waals surface area contributed by atoms with Crippen LogP contribution in [0, 0.1) is 0 Å². The Labute approximate surface area is 715 Å². The van der Waals surface area contributed by atoms with E-state index in [9.17, 15) is 4.79 Å². The van der Waals surface area contributed by atoms with Crippen molar-refractivity contribution in [3.05, 3.63) is 460 Å². The lowest BCUT2D eigenvalue weighted by atomic mass is 9.81. The smallest absolute Gasteiger partial charge is 0.250 e. The minimum atomic E-state index is -0.199. The van der Waals surface area contributed by atoms with Crippen molar-refractivity contribution in [1.82, 2.24) is 0 Å². The Bertz CT molecular complexity index is 6950. The summed E-state index contributed by atoms with van der Waals surface area (Å²) >= 11 is 0. The monoisotopic (exact) mass is 1570 g/mol. The normalized spacial score (nSPS) is 12.4. The van der Waals surface area contributed by atoms with Crippen molar-refractivity contribution in [3.8, 4) is 117 Å². The molecule has 0 heterocycles. The van der Waals surface area contributed by atoms with E-state index in [1.807, 2.05) is 36.4 Å². The Morgan fingerprint density at radius 1 is 0.287 bits per heavy atom. The van der Waals surface area contributed by atoms with Gasteiger partial charge in [0.15, 0.2) is 0 Å². The van der Waals surface area contributed by atoms with E-state index in [-0.39, 0.29) is 16.7 Å². The predicted molar refractivity (Wildman–Crippen MR) is 515 cm³/mol. The number of nitrogens with zero attached hydrogens (tertiary/aromatic N) is 2. The average molecular weight is 1570 g/mol. The van der Waals surface area contributed by atoms with Gasteiger partial charge in [0.1, 0.15) is 12.4 Å². The van der Waals surface area contributed by atoms with Crippen LogP contribution in [0.2, 0.25) is 0 Å². The van der Waals surface area contributed by atoms with Crippen molar-refractivity contribution in [3.63, 3.8) is 0 Å². The van der Waals surface area contributed by atoms with Gasteiger partial charge in [-0.1, -0.05) is 338 Å². The highest BCUT2D eigenvalue weighted by molar-refractivity contribution is 6.03. The molecule has 5 nitrogen and oxygen atoms in total. The molecule has 20 rings (SSSR count). The van der Waals surface area contributed by atoms with E-state index in [4.69, 9.17) is 4.74 Å². The minimum absolute atomic E-state index is 0.175. The van der Waals surface area contributed by atoms with Crippen LogP contribution in [0.5, 0.6) is 5.75 Å². The first-order chi connectivity index (χ1) is 59.6. The van der Waals surface area contributed by atoms with Gasteiger partial charge in [-0.2, -0.15) is 0 Å². The predicted octanol–water partition coefficient (Wildman–Crippen LogP) is 31.6. The summed E-state index contributed by atoms with van der Waals surface area (Å²) < 4.78 is 5.68. The Balaban J connectivity index is 0.000000161. The molecule has 586 valence electrons. The highest BCUT2D eigenvalue weighted by Crippen LogP contribution is 2.54. The largest absolute Gasteiger partial charge is 0.490 e. The molecule has 0 spiro atoms. The third-order valence-corrected chi connectivity index (χ3v) is 24.6. The summed E-state index contributed by atoms with van der Waals surface area (Å²) in [4.78, 5) is 16.8. The van der Waals surface area contributed by atoms with Gasteiger partial charge in [-0.15, -0.1) is 0 Å². The van der Waals surface area contributed by atoms with Crippen LogP contribution in [0.1, 0.15) is 56.9 Å². The molecular weight excluding hydrogens is 1480 g/mol. The molecular formula is C117H91N3O2. The maximum absolute atomic E-state index is 12.1. The molecule has 0 saturated heterocycles. The third-order valence-electron chi connectivity index (χ3n) is 24.6. The second-order valence-corrected chi connectivity index (χ2v) is 33.0. The maximum atomic E-state index is 12.1. The van der Waals surface area contributed by atoms with Crippen LogP contribution in [0.4, 0.5) is 39.8 Å². The number of amides is 1. The number of rotatable bonds is 19. The number of benzene rings is 18. The second kappa shape index (κ2) is 32.6. The van der Waals surface area contributed by atoms with Gasteiger partial charge in [0, 0.05) is 56.2 Å². The van der Waals surface area contributed by atoms with Gasteiger partial charge < -0.3 is 19.9 Å². The van der Waals surface area contributed by atoms with Gasteiger partial charge in [-0.25, -0.2) is 0 Å². The Kier molecular flexibility index (Phi) is 20.5. The number of fused-ring (bicyclic) bond motifs is 8. The van der Waals surface area contributed by atoms with E-state index >= 15 is 0 Å². The molecule has 2 aliphatic rings. The molecule has 18 aromatic rings. The summed E-state index contributed by atoms with van der Waals surface area (Å²) in [5.74, 6) is 0.669. The van der Waals surface area contributed by atoms with Crippen molar-refractivity contribution >= 4 is 67.3 Å². The van der Waals surface area contributed by atoms with Gasteiger partial charge in [0.2, 0.25) is 0 Å². The molecule has 122 heavy (non-hydrogen) atoms. The molecule has 1 amide bonds. The number of hydrogen-bond acceptors (Lipinski definition) is 4. The molecule has 0 unspecified atom stereocenters. The fraction of sp³-hybridized carbons (Fsp3) is 0.0684. The standard InChI is InChI=1S/C59H46N2O.C58H45NO/c1-39(2)58(62)60-50-27-20-44(21-28-50)42-14-16-43(17-15-42)46-24-31-52(32-25-46)61(51-29-22-45(23-30-51)40-10-6-5-7-11-40)53-33-35-55-54-34-26-49(37-56(54)59(3,4)57(55)38-53)48-19-18-41-12-8-9-13-47(41)36-48;1-4-36-60-53-32-24-46(25-33-53)43-16-14-42(15-17-43)45-22-29-51(30-23-45)59(50-27-20-44(21-28-50)40-10-6-5-7-11-40)52-31-35-55-54-34-26-49(38-56(54)58(2,3)57(55)39-52)48-19-18-41-12-8-9-13-47(41)37-48/h5-38H,1H2,2-4H3,(H,60,62);4-35,37-39H,1,36H2,2-3H3.